The van der Waals surface area contributed by atoms with Gasteiger partial charge < -0.3 is 14.6 Å². The molecule has 0 aliphatic carbocycles. The number of aryl methyl sites for hydroxylation is 2. The quantitative estimate of drug-likeness (QED) is 0.667. The third kappa shape index (κ3) is 3.79. The fraction of sp³-hybridized carbons (Fsp3) is 0.467. The second-order valence-corrected chi connectivity index (χ2v) is 4.82. The molecule has 0 saturated heterocycles. The summed E-state index contributed by atoms with van der Waals surface area (Å²) in [6, 6.07) is 2.48. The Morgan fingerprint density at radius 1 is 1.27 bits per heavy atom. The molecule has 7 heteroatoms. The Bertz CT molecular complexity index is 560. The first-order valence-corrected chi connectivity index (χ1v) is 6.63. The van der Waals surface area contributed by atoms with Gasteiger partial charge in [-0.15, -0.1) is 0 Å². The van der Waals surface area contributed by atoms with E-state index in [4.69, 9.17) is 4.74 Å². The van der Waals surface area contributed by atoms with Crippen LogP contribution in [0.3, 0.4) is 0 Å². The van der Waals surface area contributed by atoms with Crippen LogP contribution < -0.4 is 4.74 Å². The summed E-state index contributed by atoms with van der Waals surface area (Å²) in [7, 11) is 0. The van der Waals surface area contributed by atoms with E-state index in [2.05, 4.69) is 4.74 Å². The second-order valence-electron chi connectivity index (χ2n) is 4.82. The zero-order valence-corrected chi connectivity index (χ0v) is 12.8. The lowest BCUT2D eigenvalue weighted by Crippen LogP contribution is -2.37. The van der Waals surface area contributed by atoms with Gasteiger partial charge in [0.25, 0.3) is 0 Å². The number of alkyl halides is 2. The van der Waals surface area contributed by atoms with Crippen molar-refractivity contribution in [3.05, 3.63) is 28.8 Å². The van der Waals surface area contributed by atoms with Crippen LogP contribution in [0.5, 0.6) is 5.75 Å². The van der Waals surface area contributed by atoms with Crippen molar-refractivity contribution < 1.29 is 33.0 Å². The van der Waals surface area contributed by atoms with Crippen LogP contribution in [0.2, 0.25) is 0 Å². The zero-order chi connectivity index (χ0) is 17.1. The molecule has 0 bridgehead atoms. The van der Waals surface area contributed by atoms with Crippen molar-refractivity contribution in [3.63, 3.8) is 0 Å². The summed E-state index contributed by atoms with van der Waals surface area (Å²) in [6.45, 7) is 5.48. The average Bonchev–Trinajstić information content (AvgIpc) is 2.41. The molecule has 0 aliphatic rings. The van der Waals surface area contributed by atoms with Gasteiger partial charge in [0, 0.05) is 6.92 Å². The Hall–Kier alpha value is -2.02. The first-order valence-electron chi connectivity index (χ1n) is 6.63. The second kappa shape index (κ2) is 6.83. The normalized spacial score (nSPS) is 12.7. The predicted molar refractivity (Wildman–Crippen MR) is 73.8 cm³/mol. The van der Waals surface area contributed by atoms with Gasteiger partial charge in [-0.05, 0) is 49.6 Å². The summed E-state index contributed by atoms with van der Waals surface area (Å²) >= 11 is 0. The topological polar surface area (TPSA) is 72.8 Å². The number of benzene rings is 1. The Kier molecular flexibility index (Phi) is 5.59. The third-order valence-corrected chi connectivity index (χ3v) is 2.94. The van der Waals surface area contributed by atoms with Crippen LogP contribution in [-0.4, -0.2) is 29.6 Å². The zero-order valence-electron chi connectivity index (χ0n) is 12.8. The van der Waals surface area contributed by atoms with E-state index in [0.29, 0.717) is 11.1 Å². The highest BCUT2D eigenvalue weighted by atomic mass is 19.3. The maximum absolute atomic E-state index is 13.8. The van der Waals surface area contributed by atoms with Crippen LogP contribution in [0, 0.1) is 13.8 Å². The van der Waals surface area contributed by atoms with E-state index >= 15 is 0 Å². The van der Waals surface area contributed by atoms with E-state index in [1.807, 2.05) is 0 Å². The van der Waals surface area contributed by atoms with Crippen molar-refractivity contribution in [2.45, 2.75) is 39.7 Å². The van der Waals surface area contributed by atoms with E-state index in [0.717, 1.165) is 0 Å². The SMILES string of the molecule is CCOC(=O)C(F)(F)C(O)c1cc(C)c(OC(C)=O)c(C)c1. The molecule has 0 aliphatic heterocycles. The van der Waals surface area contributed by atoms with E-state index < -0.39 is 24.0 Å². The molecule has 0 saturated carbocycles. The van der Waals surface area contributed by atoms with Crippen molar-refractivity contribution in [3.8, 4) is 5.75 Å². The van der Waals surface area contributed by atoms with Crippen LogP contribution in [0.1, 0.15) is 36.6 Å². The van der Waals surface area contributed by atoms with Crippen LogP contribution in [-0.2, 0) is 14.3 Å². The number of esters is 2. The smallest absolute Gasteiger partial charge is 0.380 e. The molecule has 0 fully saturated rings. The number of carbonyl (C=O) groups excluding carboxylic acids is 2. The van der Waals surface area contributed by atoms with Crippen LogP contribution >= 0.6 is 0 Å². The number of aliphatic hydroxyl groups excluding tert-OH is 1. The van der Waals surface area contributed by atoms with E-state index in [1.54, 1.807) is 13.8 Å². The molecule has 0 amide bonds. The minimum atomic E-state index is -4.07. The molecule has 0 aromatic heterocycles. The number of hydrogen-bond donors (Lipinski definition) is 1. The highest BCUT2D eigenvalue weighted by Crippen LogP contribution is 2.36. The molecule has 1 N–H and O–H groups in total. The number of rotatable bonds is 5. The molecule has 0 radical (unpaired) electrons. The van der Waals surface area contributed by atoms with E-state index in [-0.39, 0.29) is 17.9 Å². The van der Waals surface area contributed by atoms with Gasteiger partial charge in [-0.3, -0.25) is 4.79 Å². The molecule has 1 unspecified atom stereocenters. The Labute approximate surface area is 126 Å². The van der Waals surface area contributed by atoms with Gasteiger partial charge in [0.05, 0.1) is 6.61 Å². The molecular weight excluding hydrogens is 298 g/mol. The van der Waals surface area contributed by atoms with Gasteiger partial charge in [0.1, 0.15) is 5.75 Å². The Balaban J connectivity index is 3.17. The highest BCUT2D eigenvalue weighted by Gasteiger charge is 2.49. The number of aliphatic hydroxyl groups is 1. The molecule has 1 aromatic rings. The average molecular weight is 316 g/mol. The van der Waals surface area contributed by atoms with Gasteiger partial charge >= 0.3 is 17.9 Å². The largest absolute Gasteiger partial charge is 0.461 e. The summed E-state index contributed by atoms with van der Waals surface area (Å²) in [6.07, 6.45) is -2.35. The Morgan fingerprint density at radius 2 is 1.77 bits per heavy atom. The molecule has 1 rings (SSSR count). The van der Waals surface area contributed by atoms with Crippen molar-refractivity contribution in [2.24, 2.45) is 0 Å². The maximum atomic E-state index is 13.8. The fourth-order valence-electron chi connectivity index (χ4n) is 1.99. The van der Waals surface area contributed by atoms with E-state index in [1.165, 1.54) is 26.0 Å². The molecular formula is C15H18F2O5. The predicted octanol–water partition coefficient (Wildman–Crippen LogP) is 2.46. The van der Waals surface area contributed by atoms with Crippen molar-refractivity contribution in [2.75, 3.05) is 6.61 Å². The molecule has 0 spiro atoms. The van der Waals surface area contributed by atoms with E-state index in [9.17, 15) is 23.5 Å². The lowest BCUT2D eigenvalue weighted by molar-refractivity contribution is -0.189. The summed E-state index contributed by atoms with van der Waals surface area (Å²) in [5, 5.41) is 9.81. The number of carbonyl (C=O) groups is 2. The number of hydrogen-bond acceptors (Lipinski definition) is 5. The third-order valence-electron chi connectivity index (χ3n) is 2.94. The van der Waals surface area contributed by atoms with Crippen molar-refractivity contribution >= 4 is 11.9 Å². The van der Waals surface area contributed by atoms with Crippen LogP contribution in [0.4, 0.5) is 8.78 Å². The van der Waals surface area contributed by atoms with Crippen LogP contribution in [0.25, 0.3) is 0 Å². The summed E-state index contributed by atoms with van der Waals surface area (Å²) in [4.78, 5) is 22.3. The van der Waals surface area contributed by atoms with Gasteiger partial charge in [-0.2, -0.15) is 8.78 Å². The van der Waals surface area contributed by atoms with Crippen molar-refractivity contribution in [1.29, 1.82) is 0 Å². The van der Waals surface area contributed by atoms with Gasteiger partial charge in [0.2, 0.25) is 0 Å². The number of halogens is 2. The fourth-order valence-corrected chi connectivity index (χ4v) is 1.99. The maximum Gasteiger partial charge on any atom is 0.380 e. The minimum Gasteiger partial charge on any atom is -0.461 e. The molecule has 1 aromatic carbocycles. The van der Waals surface area contributed by atoms with Gasteiger partial charge in [-0.1, -0.05) is 0 Å². The highest BCUT2D eigenvalue weighted by molar-refractivity contribution is 5.78. The van der Waals surface area contributed by atoms with Gasteiger partial charge in [0.15, 0.2) is 6.10 Å². The summed E-state index contributed by atoms with van der Waals surface area (Å²) < 4.78 is 36.9. The summed E-state index contributed by atoms with van der Waals surface area (Å²) in [5.41, 5.74) is 0.622. The molecule has 5 nitrogen and oxygen atoms in total. The standard InChI is InChI=1S/C15H18F2O5/c1-5-21-14(20)15(16,17)13(19)11-6-8(2)12(9(3)7-11)22-10(4)18/h6-7,13,19H,5H2,1-4H3. The van der Waals surface area contributed by atoms with Crippen molar-refractivity contribution in [1.82, 2.24) is 0 Å². The molecule has 1 atom stereocenters. The monoisotopic (exact) mass is 316 g/mol. The summed E-state index contributed by atoms with van der Waals surface area (Å²) in [5.74, 6) is -6.17. The first kappa shape index (κ1) is 18.0. The molecule has 22 heavy (non-hydrogen) atoms. The molecule has 0 heterocycles. The molecule has 122 valence electrons. The number of ether oxygens (including phenoxy) is 2. The van der Waals surface area contributed by atoms with Crippen LogP contribution in [0.15, 0.2) is 12.1 Å². The lowest BCUT2D eigenvalue weighted by Gasteiger charge is -2.22. The van der Waals surface area contributed by atoms with Gasteiger partial charge in [-0.25, -0.2) is 4.79 Å². The lowest BCUT2D eigenvalue weighted by atomic mass is 9.98. The minimum absolute atomic E-state index is 0.163. The first-order chi connectivity index (χ1) is 10.1. The Morgan fingerprint density at radius 3 is 2.18 bits per heavy atom.